The van der Waals surface area contributed by atoms with E-state index in [1.165, 1.54) is 10.1 Å². The first-order chi connectivity index (χ1) is 13.6. The van der Waals surface area contributed by atoms with Gasteiger partial charge in [0, 0.05) is 16.9 Å². The molecule has 0 aliphatic heterocycles. The number of rotatable bonds is 7. The number of hydrogen-bond acceptors (Lipinski definition) is 2. The average Bonchev–Trinajstić information content (AvgIpc) is 2.70. The predicted molar refractivity (Wildman–Crippen MR) is 114 cm³/mol. The standard InChI is InChI=1S/C23H23ClN2O2/c1-2-3-5-17-9-13-20(14-10-17)25-22(27)21-6-4-15-26(23(21)28)16-18-7-11-19(24)12-8-18/h4,6-15H,2-3,5,16H2,1H3,(H,25,27). The van der Waals surface area contributed by atoms with Crippen molar-refractivity contribution < 1.29 is 4.79 Å². The number of aryl methyl sites for hydroxylation is 1. The van der Waals surface area contributed by atoms with Crippen LogP contribution >= 0.6 is 11.6 Å². The van der Waals surface area contributed by atoms with Gasteiger partial charge in [0.15, 0.2) is 0 Å². The largest absolute Gasteiger partial charge is 0.322 e. The fourth-order valence-corrected chi connectivity index (χ4v) is 3.08. The lowest BCUT2D eigenvalue weighted by Crippen LogP contribution is -2.29. The van der Waals surface area contributed by atoms with Crippen LogP contribution in [0.2, 0.25) is 5.02 Å². The third-order valence-corrected chi connectivity index (χ3v) is 4.81. The smallest absolute Gasteiger partial charge is 0.263 e. The lowest BCUT2D eigenvalue weighted by molar-refractivity contribution is 0.102. The molecular weight excluding hydrogens is 372 g/mol. The summed E-state index contributed by atoms with van der Waals surface area (Å²) in [5.74, 6) is -0.406. The predicted octanol–water partition coefficient (Wildman–Crippen LogP) is 5.14. The van der Waals surface area contributed by atoms with Gasteiger partial charge in [-0.25, -0.2) is 0 Å². The minimum Gasteiger partial charge on any atom is -0.322 e. The Bertz CT molecular complexity index is 992. The number of hydrogen-bond donors (Lipinski definition) is 1. The Hall–Kier alpha value is -2.85. The van der Waals surface area contributed by atoms with E-state index in [1.54, 1.807) is 30.5 Å². The van der Waals surface area contributed by atoms with Gasteiger partial charge >= 0.3 is 0 Å². The number of halogens is 1. The van der Waals surface area contributed by atoms with Crippen LogP contribution in [-0.2, 0) is 13.0 Å². The second kappa shape index (κ2) is 9.38. The van der Waals surface area contributed by atoms with Crippen molar-refractivity contribution in [2.24, 2.45) is 0 Å². The highest BCUT2D eigenvalue weighted by atomic mass is 35.5. The number of carbonyl (C=O) groups is 1. The van der Waals surface area contributed by atoms with Gasteiger partial charge in [0.25, 0.3) is 11.5 Å². The van der Waals surface area contributed by atoms with E-state index in [-0.39, 0.29) is 11.1 Å². The molecule has 0 aliphatic carbocycles. The number of nitrogens with zero attached hydrogens (tertiary/aromatic N) is 1. The monoisotopic (exact) mass is 394 g/mol. The highest BCUT2D eigenvalue weighted by Gasteiger charge is 2.12. The summed E-state index contributed by atoms with van der Waals surface area (Å²) in [7, 11) is 0. The Labute approximate surface area is 169 Å². The first-order valence-corrected chi connectivity index (χ1v) is 9.79. The molecule has 0 bridgehead atoms. The zero-order valence-corrected chi connectivity index (χ0v) is 16.6. The van der Waals surface area contributed by atoms with Gasteiger partial charge in [-0.3, -0.25) is 9.59 Å². The molecule has 3 aromatic rings. The average molecular weight is 395 g/mol. The van der Waals surface area contributed by atoms with E-state index in [1.807, 2.05) is 36.4 Å². The lowest BCUT2D eigenvalue weighted by atomic mass is 10.1. The van der Waals surface area contributed by atoms with Gasteiger partial charge in [-0.05, 0) is 60.4 Å². The molecule has 2 aromatic carbocycles. The summed E-state index contributed by atoms with van der Waals surface area (Å²) in [6.07, 6.45) is 4.99. The van der Waals surface area contributed by atoms with Crippen LogP contribution in [-0.4, -0.2) is 10.5 Å². The Morgan fingerprint density at radius 2 is 1.68 bits per heavy atom. The Balaban J connectivity index is 1.73. The zero-order valence-electron chi connectivity index (χ0n) is 15.8. The number of amides is 1. The number of nitrogens with one attached hydrogen (secondary N) is 1. The summed E-state index contributed by atoms with van der Waals surface area (Å²) in [5, 5.41) is 3.45. The van der Waals surface area contributed by atoms with E-state index in [0.717, 1.165) is 24.8 Å². The number of benzene rings is 2. The van der Waals surface area contributed by atoms with Gasteiger partial charge in [-0.1, -0.05) is 49.2 Å². The van der Waals surface area contributed by atoms with Crippen LogP contribution in [0.1, 0.15) is 41.3 Å². The minimum absolute atomic E-state index is 0.117. The number of pyridine rings is 1. The van der Waals surface area contributed by atoms with Gasteiger partial charge in [-0.15, -0.1) is 0 Å². The van der Waals surface area contributed by atoms with Crippen LogP contribution in [0.4, 0.5) is 5.69 Å². The summed E-state index contributed by atoms with van der Waals surface area (Å²) in [6, 6.07) is 18.3. The molecule has 0 unspecified atom stereocenters. The first-order valence-electron chi connectivity index (χ1n) is 9.41. The maximum Gasteiger partial charge on any atom is 0.263 e. The second-order valence-corrected chi connectivity index (χ2v) is 7.17. The van der Waals surface area contributed by atoms with E-state index in [2.05, 4.69) is 12.2 Å². The Morgan fingerprint density at radius 1 is 1.00 bits per heavy atom. The molecule has 0 radical (unpaired) electrons. The molecule has 1 aromatic heterocycles. The topological polar surface area (TPSA) is 51.1 Å². The van der Waals surface area contributed by atoms with Crippen LogP contribution in [0.15, 0.2) is 71.7 Å². The number of aromatic nitrogens is 1. The van der Waals surface area contributed by atoms with Crippen molar-refractivity contribution in [1.29, 1.82) is 0 Å². The fourth-order valence-electron chi connectivity index (χ4n) is 2.95. The molecule has 0 atom stereocenters. The van der Waals surface area contributed by atoms with Gasteiger partial charge < -0.3 is 9.88 Å². The van der Waals surface area contributed by atoms with E-state index in [4.69, 9.17) is 11.6 Å². The highest BCUT2D eigenvalue weighted by Crippen LogP contribution is 2.13. The van der Waals surface area contributed by atoms with E-state index in [0.29, 0.717) is 17.3 Å². The van der Waals surface area contributed by atoms with Crippen molar-refractivity contribution in [3.63, 3.8) is 0 Å². The normalized spacial score (nSPS) is 10.6. The van der Waals surface area contributed by atoms with Gasteiger partial charge in [0.05, 0.1) is 6.54 Å². The van der Waals surface area contributed by atoms with Crippen LogP contribution in [0.3, 0.4) is 0 Å². The molecule has 0 spiro atoms. The van der Waals surface area contributed by atoms with Crippen molar-refractivity contribution in [1.82, 2.24) is 4.57 Å². The molecule has 1 heterocycles. The second-order valence-electron chi connectivity index (χ2n) is 6.74. The van der Waals surface area contributed by atoms with Crippen LogP contribution in [0, 0.1) is 0 Å². The van der Waals surface area contributed by atoms with E-state index < -0.39 is 5.91 Å². The maximum absolute atomic E-state index is 12.7. The summed E-state index contributed by atoms with van der Waals surface area (Å²) >= 11 is 5.90. The van der Waals surface area contributed by atoms with Crippen molar-refractivity contribution in [3.8, 4) is 0 Å². The lowest BCUT2D eigenvalue weighted by Gasteiger charge is -2.10. The number of anilines is 1. The molecule has 0 saturated heterocycles. The molecule has 5 heteroatoms. The summed E-state index contributed by atoms with van der Waals surface area (Å²) in [5.41, 5.74) is 2.65. The Morgan fingerprint density at radius 3 is 2.36 bits per heavy atom. The minimum atomic E-state index is -0.406. The van der Waals surface area contributed by atoms with Crippen molar-refractivity contribution in [3.05, 3.63) is 98.9 Å². The third kappa shape index (κ3) is 5.11. The first kappa shape index (κ1) is 19.9. The number of carbonyl (C=O) groups excluding carboxylic acids is 1. The molecule has 4 nitrogen and oxygen atoms in total. The van der Waals surface area contributed by atoms with Gasteiger partial charge in [0.2, 0.25) is 0 Å². The molecule has 0 saturated carbocycles. The molecule has 1 amide bonds. The SMILES string of the molecule is CCCCc1ccc(NC(=O)c2cccn(Cc3ccc(Cl)cc3)c2=O)cc1. The molecule has 0 fully saturated rings. The Kier molecular flexibility index (Phi) is 6.66. The van der Waals surface area contributed by atoms with Crippen LogP contribution in [0.25, 0.3) is 0 Å². The molecule has 144 valence electrons. The molecule has 3 rings (SSSR count). The van der Waals surface area contributed by atoms with E-state index in [9.17, 15) is 9.59 Å². The number of unbranched alkanes of at least 4 members (excludes halogenated alkanes) is 1. The van der Waals surface area contributed by atoms with Crippen molar-refractivity contribution in [2.75, 3.05) is 5.32 Å². The summed E-state index contributed by atoms with van der Waals surface area (Å²) in [6.45, 7) is 2.54. The quantitative estimate of drug-likeness (QED) is 0.602. The van der Waals surface area contributed by atoms with Gasteiger partial charge in [0.1, 0.15) is 5.56 Å². The fraction of sp³-hybridized carbons (Fsp3) is 0.217. The van der Waals surface area contributed by atoms with Crippen LogP contribution < -0.4 is 10.9 Å². The maximum atomic E-state index is 12.7. The van der Waals surface area contributed by atoms with Crippen molar-refractivity contribution in [2.45, 2.75) is 32.7 Å². The summed E-state index contributed by atoms with van der Waals surface area (Å²) < 4.78 is 1.52. The van der Waals surface area contributed by atoms with Crippen molar-refractivity contribution >= 4 is 23.2 Å². The van der Waals surface area contributed by atoms with Crippen LogP contribution in [0.5, 0.6) is 0 Å². The zero-order chi connectivity index (χ0) is 19.9. The molecular formula is C23H23ClN2O2. The third-order valence-electron chi connectivity index (χ3n) is 4.56. The molecule has 1 N–H and O–H groups in total. The molecule has 0 aliphatic rings. The van der Waals surface area contributed by atoms with E-state index >= 15 is 0 Å². The summed E-state index contributed by atoms with van der Waals surface area (Å²) in [4.78, 5) is 25.3. The van der Waals surface area contributed by atoms with Gasteiger partial charge in [-0.2, -0.15) is 0 Å². The molecule has 28 heavy (non-hydrogen) atoms. The highest BCUT2D eigenvalue weighted by molar-refractivity contribution is 6.30.